The zero-order valence-electron chi connectivity index (χ0n) is 12.4. The van der Waals surface area contributed by atoms with Gasteiger partial charge in [-0.15, -0.1) is 0 Å². The van der Waals surface area contributed by atoms with Crippen LogP contribution in [0.25, 0.3) is 22.2 Å². The number of benzene rings is 2. The summed E-state index contributed by atoms with van der Waals surface area (Å²) < 4.78 is 0.999. The molecule has 0 spiro atoms. The van der Waals surface area contributed by atoms with Gasteiger partial charge in [0.2, 0.25) is 0 Å². The first-order chi connectivity index (χ1) is 10.5. The summed E-state index contributed by atoms with van der Waals surface area (Å²) in [5.41, 5.74) is 6.10. The van der Waals surface area contributed by atoms with E-state index in [0.29, 0.717) is 0 Å². The maximum Gasteiger partial charge on any atom is 0.307 e. The average molecular weight is 358 g/mol. The second-order valence-corrected chi connectivity index (χ2v) is 6.40. The molecule has 0 atom stereocenters. The summed E-state index contributed by atoms with van der Waals surface area (Å²) in [6, 6.07) is 12.0. The van der Waals surface area contributed by atoms with Crippen LogP contribution >= 0.6 is 15.9 Å². The lowest BCUT2D eigenvalue weighted by molar-refractivity contribution is -0.136. The standard InChI is InChI=1S/C18H16BrNO2/c1-10-3-8-14-15(9-16(21)22)18(20-17(14)11(10)2)12-4-6-13(19)7-5-12/h3-8,20H,9H2,1-2H3,(H,21,22). The Morgan fingerprint density at radius 2 is 1.82 bits per heavy atom. The largest absolute Gasteiger partial charge is 0.481 e. The minimum Gasteiger partial charge on any atom is -0.481 e. The van der Waals surface area contributed by atoms with E-state index in [2.05, 4.69) is 34.8 Å². The van der Waals surface area contributed by atoms with Crippen LogP contribution in [0.3, 0.4) is 0 Å². The summed E-state index contributed by atoms with van der Waals surface area (Å²) in [6.07, 6.45) is 0.00784. The number of carboxylic acid groups (broad SMARTS) is 1. The molecule has 0 fully saturated rings. The predicted octanol–water partition coefficient (Wildman–Crippen LogP) is 4.84. The summed E-state index contributed by atoms with van der Waals surface area (Å²) in [7, 11) is 0. The van der Waals surface area contributed by atoms with Crippen molar-refractivity contribution in [3.8, 4) is 11.3 Å². The van der Waals surface area contributed by atoms with Gasteiger partial charge in [-0.3, -0.25) is 4.79 Å². The van der Waals surface area contributed by atoms with E-state index >= 15 is 0 Å². The van der Waals surface area contributed by atoms with E-state index in [-0.39, 0.29) is 6.42 Å². The fraction of sp³-hybridized carbons (Fsp3) is 0.167. The molecule has 112 valence electrons. The predicted molar refractivity (Wildman–Crippen MR) is 92.2 cm³/mol. The van der Waals surface area contributed by atoms with Crippen LogP contribution in [-0.2, 0) is 11.2 Å². The van der Waals surface area contributed by atoms with Gasteiger partial charge < -0.3 is 10.1 Å². The molecule has 0 aliphatic heterocycles. The lowest BCUT2D eigenvalue weighted by Crippen LogP contribution is -2.00. The maximum absolute atomic E-state index is 11.3. The van der Waals surface area contributed by atoms with E-state index < -0.39 is 5.97 Å². The number of hydrogen-bond acceptors (Lipinski definition) is 1. The zero-order valence-corrected chi connectivity index (χ0v) is 14.0. The van der Waals surface area contributed by atoms with E-state index in [4.69, 9.17) is 0 Å². The van der Waals surface area contributed by atoms with Crippen molar-refractivity contribution in [3.05, 3.63) is 57.6 Å². The minimum absolute atomic E-state index is 0.00784. The summed E-state index contributed by atoms with van der Waals surface area (Å²) in [5, 5.41) is 10.3. The van der Waals surface area contributed by atoms with E-state index in [0.717, 1.165) is 37.8 Å². The van der Waals surface area contributed by atoms with Crippen molar-refractivity contribution in [2.75, 3.05) is 0 Å². The van der Waals surface area contributed by atoms with E-state index in [1.54, 1.807) is 0 Å². The summed E-state index contributed by atoms with van der Waals surface area (Å²) >= 11 is 3.43. The minimum atomic E-state index is -0.822. The molecular weight excluding hydrogens is 342 g/mol. The molecule has 0 saturated heterocycles. The molecule has 0 amide bonds. The molecule has 4 heteroatoms. The molecule has 3 rings (SSSR count). The molecule has 0 aliphatic carbocycles. The molecule has 0 unspecified atom stereocenters. The number of carbonyl (C=O) groups is 1. The van der Waals surface area contributed by atoms with Crippen LogP contribution < -0.4 is 0 Å². The number of nitrogens with one attached hydrogen (secondary N) is 1. The number of carboxylic acids is 1. The maximum atomic E-state index is 11.3. The number of rotatable bonds is 3. The molecule has 0 saturated carbocycles. The van der Waals surface area contributed by atoms with Gasteiger partial charge in [0.1, 0.15) is 0 Å². The topological polar surface area (TPSA) is 53.1 Å². The molecule has 1 aromatic heterocycles. The highest BCUT2D eigenvalue weighted by molar-refractivity contribution is 9.10. The smallest absolute Gasteiger partial charge is 0.307 e. The van der Waals surface area contributed by atoms with Gasteiger partial charge in [-0.1, -0.05) is 40.2 Å². The van der Waals surface area contributed by atoms with Crippen molar-refractivity contribution in [3.63, 3.8) is 0 Å². The molecule has 0 aliphatic rings. The molecule has 2 N–H and O–H groups in total. The Bertz CT molecular complexity index is 863. The Hall–Kier alpha value is -2.07. The van der Waals surface area contributed by atoms with Gasteiger partial charge in [-0.25, -0.2) is 0 Å². The van der Waals surface area contributed by atoms with Gasteiger partial charge in [-0.2, -0.15) is 0 Å². The van der Waals surface area contributed by atoms with Crippen LogP contribution in [0.2, 0.25) is 0 Å². The normalized spacial score (nSPS) is 11.0. The summed E-state index contributed by atoms with van der Waals surface area (Å²) in [4.78, 5) is 14.7. The molecule has 3 nitrogen and oxygen atoms in total. The number of aromatic amines is 1. The Balaban J connectivity index is 2.30. The summed E-state index contributed by atoms with van der Waals surface area (Å²) in [6.45, 7) is 4.12. The molecule has 1 heterocycles. The van der Waals surface area contributed by atoms with Crippen molar-refractivity contribution < 1.29 is 9.90 Å². The first-order valence-electron chi connectivity index (χ1n) is 7.06. The number of H-pyrrole nitrogens is 1. The third kappa shape index (κ3) is 2.55. The number of halogens is 1. The van der Waals surface area contributed by atoms with Crippen LogP contribution in [-0.4, -0.2) is 16.1 Å². The van der Waals surface area contributed by atoms with Crippen LogP contribution in [0.4, 0.5) is 0 Å². The van der Waals surface area contributed by atoms with Crippen molar-refractivity contribution in [2.24, 2.45) is 0 Å². The number of aromatic nitrogens is 1. The van der Waals surface area contributed by atoms with Crippen molar-refractivity contribution in [1.82, 2.24) is 4.98 Å². The lowest BCUT2D eigenvalue weighted by Gasteiger charge is -2.03. The van der Waals surface area contributed by atoms with Gasteiger partial charge >= 0.3 is 5.97 Å². The highest BCUT2D eigenvalue weighted by Gasteiger charge is 2.17. The van der Waals surface area contributed by atoms with Crippen molar-refractivity contribution in [1.29, 1.82) is 0 Å². The Morgan fingerprint density at radius 1 is 1.14 bits per heavy atom. The summed E-state index contributed by atoms with van der Waals surface area (Å²) in [5.74, 6) is -0.822. The molecule has 0 radical (unpaired) electrons. The van der Waals surface area contributed by atoms with Crippen molar-refractivity contribution >= 4 is 32.8 Å². The number of aryl methyl sites for hydroxylation is 2. The lowest BCUT2D eigenvalue weighted by atomic mass is 10.0. The van der Waals surface area contributed by atoms with Gasteiger partial charge in [0.15, 0.2) is 0 Å². The van der Waals surface area contributed by atoms with E-state index in [1.807, 2.05) is 36.4 Å². The quantitative estimate of drug-likeness (QED) is 0.704. The van der Waals surface area contributed by atoms with Crippen LogP contribution in [0.5, 0.6) is 0 Å². The Labute approximate surface area is 137 Å². The second kappa shape index (κ2) is 5.61. The van der Waals surface area contributed by atoms with Crippen LogP contribution in [0, 0.1) is 13.8 Å². The van der Waals surface area contributed by atoms with Crippen molar-refractivity contribution in [2.45, 2.75) is 20.3 Å². The highest BCUT2D eigenvalue weighted by Crippen LogP contribution is 2.33. The van der Waals surface area contributed by atoms with E-state index in [1.165, 1.54) is 5.56 Å². The molecule has 2 aromatic carbocycles. The van der Waals surface area contributed by atoms with Gasteiger partial charge in [0, 0.05) is 15.4 Å². The van der Waals surface area contributed by atoms with Gasteiger partial charge in [0.05, 0.1) is 12.1 Å². The fourth-order valence-electron chi connectivity index (χ4n) is 2.76. The highest BCUT2D eigenvalue weighted by atomic mass is 79.9. The molecular formula is C18H16BrNO2. The van der Waals surface area contributed by atoms with E-state index in [9.17, 15) is 9.90 Å². The molecule has 22 heavy (non-hydrogen) atoms. The third-order valence-electron chi connectivity index (χ3n) is 4.07. The first-order valence-corrected chi connectivity index (χ1v) is 7.85. The molecule has 3 aromatic rings. The van der Waals surface area contributed by atoms with Gasteiger partial charge in [0.25, 0.3) is 0 Å². The molecule has 0 bridgehead atoms. The first kappa shape index (κ1) is 14.9. The second-order valence-electron chi connectivity index (χ2n) is 5.49. The fourth-order valence-corrected chi connectivity index (χ4v) is 3.03. The van der Waals surface area contributed by atoms with Gasteiger partial charge in [-0.05, 0) is 48.2 Å². The SMILES string of the molecule is Cc1ccc2c(CC(=O)O)c(-c3ccc(Br)cc3)[nH]c2c1C. The van der Waals surface area contributed by atoms with Crippen LogP contribution in [0.15, 0.2) is 40.9 Å². The zero-order chi connectivity index (χ0) is 15.9. The Morgan fingerprint density at radius 3 is 2.45 bits per heavy atom. The number of hydrogen-bond donors (Lipinski definition) is 2. The Kier molecular flexibility index (Phi) is 3.79. The third-order valence-corrected chi connectivity index (χ3v) is 4.60. The number of fused-ring (bicyclic) bond motifs is 1. The average Bonchev–Trinajstić information content (AvgIpc) is 2.83. The van der Waals surface area contributed by atoms with Crippen LogP contribution in [0.1, 0.15) is 16.7 Å². The number of aliphatic carboxylic acids is 1. The monoisotopic (exact) mass is 357 g/mol.